The second-order valence-corrected chi connectivity index (χ2v) is 8.97. The summed E-state index contributed by atoms with van der Waals surface area (Å²) < 4.78 is 15.5. The molecule has 162 valence electrons. The molecule has 0 saturated carbocycles. The first-order valence-electron chi connectivity index (χ1n) is 11.2. The van der Waals surface area contributed by atoms with Gasteiger partial charge in [0.2, 0.25) is 0 Å². The third-order valence-electron chi connectivity index (χ3n) is 6.85. The van der Waals surface area contributed by atoms with Crippen molar-refractivity contribution >= 4 is 11.5 Å². The summed E-state index contributed by atoms with van der Waals surface area (Å²) in [5.74, 6) is 0.714. The van der Waals surface area contributed by atoms with Gasteiger partial charge in [-0.15, -0.1) is 5.10 Å². The van der Waals surface area contributed by atoms with Gasteiger partial charge in [-0.25, -0.2) is 13.9 Å². The lowest BCUT2D eigenvalue weighted by atomic mass is 9.79. The summed E-state index contributed by atoms with van der Waals surface area (Å²) in [4.78, 5) is 11.5. The molecule has 2 fully saturated rings. The first kappa shape index (κ1) is 19.4. The summed E-state index contributed by atoms with van der Waals surface area (Å²) in [7, 11) is 0. The summed E-state index contributed by atoms with van der Waals surface area (Å²) in [6.07, 6.45) is 7.24. The number of imidazole rings is 1. The number of piperidine rings is 1. The highest BCUT2D eigenvalue weighted by Gasteiger charge is 2.38. The molecule has 32 heavy (non-hydrogen) atoms. The Morgan fingerprint density at radius 3 is 2.56 bits per heavy atom. The van der Waals surface area contributed by atoms with Gasteiger partial charge >= 0.3 is 0 Å². The Labute approximate surface area is 186 Å². The van der Waals surface area contributed by atoms with Crippen molar-refractivity contribution in [2.24, 2.45) is 5.41 Å². The predicted octanol–water partition coefficient (Wildman–Crippen LogP) is 4.18. The van der Waals surface area contributed by atoms with Crippen molar-refractivity contribution in [2.45, 2.75) is 19.3 Å². The van der Waals surface area contributed by atoms with E-state index in [-0.39, 0.29) is 5.82 Å². The molecule has 7 heteroatoms. The van der Waals surface area contributed by atoms with E-state index in [9.17, 15) is 4.39 Å². The quantitative estimate of drug-likeness (QED) is 0.531. The van der Waals surface area contributed by atoms with Gasteiger partial charge in [0, 0.05) is 48.6 Å². The Bertz CT molecular complexity index is 1240. The minimum atomic E-state index is -0.260. The summed E-state index contributed by atoms with van der Waals surface area (Å²) >= 11 is 0. The molecule has 0 amide bonds. The Hall–Kier alpha value is -3.32. The van der Waals surface area contributed by atoms with Crippen molar-refractivity contribution in [3.05, 3.63) is 66.7 Å². The number of benzene rings is 1. The normalized spacial score (nSPS) is 21.0. The molecule has 6 rings (SSSR count). The molecular weight excluding hydrogens is 403 g/mol. The summed E-state index contributed by atoms with van der Waals surface area (Å²) in [6, 6.07) is 14.5. The van der Waals surface area contributed by atoms with Crippen LogP contribution in [0, 0.1) is 11.2 Å². The molecule has 6 nitrogen and oxygen atoms in total. The Morgan fingerprint density at radius 2 is 1.78 bits per heavy atom. The molecule has 5 heterocycles. The topological polar surface area (TPSA) is 58.4 Å². The number of pyridine rings is 1. The van der Waals surface area contributed by atoms with Crippen LogP contribution in [0.5, 0.6) is 0 Å². The highest BCUT2D eigenvalue weighted by Crippen LogP contribution is 2.38. The van der Waals surface area contributed by atoms with Crippen LogP contribution < -0.4 is 10.2 Å². The van der Waals surface area contributed by atoms with Crippen LogP contribution in [0.3, 0.4) is 0 Å². The predicted molar refractivity (Wildman–Crippen MR) is 123 cm³/mol. The molecule has 1 spiro atoms. The number of nitrogens with one attached hydrogen (secondary N) is 1. The van der Waals surface area contributed by atoms with Crippen molar-refractivity contribution in [3.8, 4) is 22.5 Å². The number of hydrogen-bond donors (Lipinski definition) is 1. The first-order chi connectivity index (χ1) is 15.7. The first-order valence-corrected chi connectivity index (χ1v) is 11.2. The van der Waals surface area contributed by atoms with Crippen LogP contribution in [0.2, 0.25) is 0 Å². The van der Waals surface area contributed by atoms with Gasteiger partial charge in [0.05, 0.1) is 5.69 Å². The fraction of sp³-hybridized carbons (Fsp3) is 0.320. The van der Waals surface area contributed by atoms with Crippen molar-refractivity contribution in [3.63, 3.8) is 0 Å². The zero-order chi connectivity index (χ0) is 21.5. The molecule has 0 radical (unpaired) electrons. The molecular formula is C25H25FN6. The Morgan fingerprint density at radius 1 is 0.938 bits per heavy atom. The van der Waals surface area contributed by atoms with E-state index in [0.29, 0.717) is 5.41 Å². The number of halogens is 1. The molecule has 4 aromatic rings. The SMILES string of the molecule is Fc1ccc(-c2nc3ccc(N4CCCC5(CCNC5)C4)nn3c2-c2ccncc2)cc1. The van der Waals surface area contributed by atoms with E-state index < -0.39 is 0 Å². The van der Waals surface area contributed by atoms with Crippen molar-refractivity contribution < 1.29 is 4.39 Å². The molecule has 1 atom stereocenters. The van der Waals surface area contributed by atoms with Gasteiger partial charge in [0.25, 0.3) is 0 Å². The number of aromatic nitrogens is 4. The lowest BCUT2D eigenvalue weighted by Crippen LogP contribution is -2.45. The van der Waals surface area contributed by atoms with E-state index in [2.05, 4.69) is 21.3 Å². The van der Waals surface area contributed by atoms with E-state index in [1.807, 2.05) is 22.7 Å². The van der Waals surface area contributed by atoms with E-state index in [1.54, 1.807) is 24.5 Å². The minimum Gasteiger partial charge on any atom is -0.355 e. The van der Waals surface area contributed by atoms with Gasteiger partial charge in [-0.3, -0.25) is 4.98 Å². The van der Waals surface area contributed by atoms with Crippen molar-refractivity contribution in [1.82, 2.24) is 24.9 Å². The fourth-order valence-corrected chi connectivity index (χ4v) is 5.22. The number of rotatable bonds is 3. The van der Waals surface area contributed by atoms with Gasteiger partial charge < -0.3 is 10.2 Å². The number of fused-ring (bicyclic) bond motifs is 1. The smallest absolute Gasteiger partial charge is 0.155 e. The summed E-state index contributed by atoms with van der Waals surface area (Å²) in [5.41, 5.74) is 4.65. The third kappa shape index (κ3) is 3.33. The standard InChI is InChI=1S/C25H25FN6/c26-20-4-2-18(3-5-20)23-24(19-8-12-27-13-9-19)32-21(29-23)6-7-22(30-32)31-15-1-10-25(17-31)11-14-28-16-25/h2-9,12-13,28H,1,10-11,14-17H2. The molecule has 2 aliphatic rings. The van der Waals surface area contributed by atoms with Crippen LogP contribution in [-0.4, -0.2) is 45.8 Å². The maximum Gasteiger partial charge on any atom is 0.155 e. The maximum atomic E-state index is 13.6. The van der Waals surface area contributed by atoms with Crippen molar-refractivity contribution in [1.29, 1.82) is 0 Å². The van der Waals surface area contributed by atoms with Gasteiger partial charge in [-0.1, -0.05) is 0 Å². The maximum absolute atomic E-state index is 13.6. The monoisotopic (exact) mass is 428 g/mol. The number of hydrogen-bond acceptors (Lipinski definition) is 5. The van der Waals surface area contributed by atoms with Crippen LogP contribution in [-0.2, 0) is 0 Å². The van der Waals surface area contributed by atoms with E-state index in [1.165, 1.54) is 31.4 Å². The highest BCUT2D eigenvalue weighted by molar-refractivity contribution is 5.81. The molecule has 0 aliphatic carbocycles. The second kappa shape index (κ2) is 7.67. The van der Waals surface area contributed by atoms with Crippen LogP contribution in [0.1, 0.15) is 19.3 Å². The summed E-state index contributed by atoms with van der Waals surface area (Å²) in [5, 5.41) is 8.60. The van der Waals surface area contributed by atoms with Crippen LogP contribution >= 0.6 is 0 Å². The van der Waals surface area contributed by atoms with Crippen molar-refractivity contribution in [2.75, 3.05) is 31.1 Å². The number of anilines is 1. The molecule has 1 unspecified atom stereocenters. The third-order valence-corrected chi connectivity index (χ3v) is 6.85. The molecule has 1 aromatic carbocycles. The Balaban J connectivity index is 1.48. The van der Waals surface area contributed by atoms with E-state index in [4.69, 9.17) is 10.1 Å². The van der Waals surface area contributed by atoms with E-state index >= 15 is 0 Å². The summed E-state index contributed by atoms with van der Waals surface area (Å²) in [6.45, 7) is 4.25. The largest absolute Gasteiger partial charge is 0.355 e. The molecule has 1 N–H and O–H groups in total. The lowest BCUT2D eigenvalue weighted by molar-refractivity contribution is 0.259. The highest BCUT2D eigenvalue weighted by atomic mass is 19.1. The molecule has 0 bridgehead atoms. The minimum absolute atomic E-state index is 0.260. The molecule has 3 aromatic heterocycles. The average molecular weight is 429 g/mol. The van der Waals surface area contributed by atoms with Crippen LogP contribution in [0.25, 0.3) is 28.2 Å². The molecule has 2 saturated heterocycles. The van der Waals surface area contributed by atoms with E-state index in [0.717, 1.165) is 60.2 Å². The molecule has 2 aliphatic heterocycles. The second-order valence-electron chi connectivity index (χ2n) is 8.97. The van der Waals surface area contributed by atoms with Crippen LogP contribution in [0.4, 0.5) is 10.2 Å². The number of nitrogens with zero attached hydrogens (tertiary/aromatic N) is 5. The lowest BCUT2D eigenvalue weighted by Gasteiger charge is -2.40. The van der Waals surface area contributed by atoms with Gasteiger partial charge in [0.1, 0.15) is 17.3 Å². The average Bonchev–Trinajstić information content (AvgIpc) is 3.44. The fourth-order valence-electron chi connectivity index (χ4n) is 5.22. The van der Waals surface area contributed by atoms with Gasteiger partial charge in [-0.05, 0) is 74.3 Å². The Kier molecular flexibility index (Phi) is 4.64. The zero-order valence-electron chi connectivity index (χ0n) is 17.8. The zero-order valence-corrected chi connectivity index (χ0v) is 17.8. The van der Waals surface area contributed by atoms with Crippen LogP contribution in [0.15, 0.2) is 60.9 Å². The van der Waals surface area contributed by atoms with Gasteiger partial charge in [0.15, 0.2) is 5.65 Å². The van der Waals surface area contributed by atoms with Gasteiger partial charge in [-0.2, -0.15) is 0 Å².